The van der Waals surface area contributed by atoms with Gasteiger partial charge in [0.1, 0.15) is 11.5 Å². The first kappa shape index (κ1) is 12.6. The van der Waals surface area contributed by atoms with E-state index in [1.807, 2.05) is 40.7 Å². The minimum atomic E-state index is 0.0173. The third kappa shape index (κ3) is 3.29. The molecule has 1 rings (SSSR count). The smallest absolute Gasteiger partial charge is 0.189 e. The lowest BCUT2D eigenvalue weighted by Gasteiger charge is -2.11. The first-order valence-corrected chi connectivity index (χ1v) is 5.57. The van der Waals surface area contributed by atoms with Crippen molar-refractivity contribution in [2.75, 3.05) is 0 Å². The summed E-state index contributed by atoms with van der Waals surface area (Å²) in [7, 11) is 0. The van der Waals surface area contributed by atoms with Gasteiger partial charge in [-0.3, -0.25) is 0 Å². The zero-order chi connectivity index (χ0) is 12.3. The predicted molar refractivity (Wildman–Crippen MR) is 66.5 cm³/mol. The number of nitrogens with one attached hydrogen (secondary N) is 1. The van der Waals surface area contributed by atoms with Crippen LogP contribution in [0.1, 0.15) is 43.9 Å². The minimum Gasteiger partial charge on any atom is -0.466 e. The van der Waals surface area contributed by atoms with Crippen molar-refractivity contribution in [3.05, 3.63) is 23.2 Å². The molecule has 1 atom stereocenters. The average molecular weight is 223 g/mol. The zero-order valence-electron chi connectivity index (χ0n) is 10.7. The van der Waals surface area contributed by atoms with E-state index < -0.39 is 0 Å². The molecule has 0 fully saturated rings. The lowest BCUT2D eigenvalue weighted by atomic mass is 10.1. The zero-order valence-corrected chi connectivity index (χ0v) is 10.7. The molecule has 1 unspecified atom stereocenters. The normalized spacial score (nSPS) is 14.2. The Morgan fingerprint density at radius 2 is 2.00 bits per heavy atom. The maximum Gasteiger partial charge on any atom is 0.189 e. The summed E-state index contributed by atoms with van der Waals surface area (Å²) in [6, 6.07) is 2.32. The van der Waals surface area contributed by atoms with Crippen molar-refractivity contribution in [1.29, 1.82) is 0 Å². The standard InChI is InChI=1S/C12H21N3O/c1-7(2)14-12(13)15-9(4)11-6-8(3)16-10(11)5/h6-7,9H,1-5H3,(H3,13,14,15). The monoisotopic (exact) mass is 223 g/mol. The van der Waals surface area contributed by atoms with Gasteiger partial charge in [0, 0.05) is 11.6 Å². The van der Waals surface area contributed by atoms with E-state index in [4.69, 9.17) is 10.2 Å². The van der Waals surface area contributed by atoms with Crippen LogP contribution in [0.2, 0.25) is 0 Å². The summed E-state index contributed by atoms with van der Waals surface area (Å²) >= 11 is 0. The van der Waals surface area contributed by atoms with Gasteiger partial charge < -0.3 is 15.5 Å². The molecule has 16 heavy (non-hydrogen) atoms. The fourth-order valence-electron chi connectivity index (χ4n) is 1.68. The van der Waals surface area contributed by atoms with Crippen molar-refractivity contribution in [3.63, 3.8) is 0 Å². The number of nitrogens with two attached hydrogens (primary N) is 1. The van der Waals surface area contributed by atoms with Crippen LogP contribution in [0.5, 0.6) is 0 Å². The third-order valence-corrected chi connectivity index (χ3v) is 2.30. The first-order chi connectivity index (χ1) is 7.40. The Morgan fingerprint density at radius 3 is 2.44 bits per heavy atom. The second kappa shape index (κ2) is 5.05. The first-order valence-electron chi connectivity index (χ1n) is 5.57. The number of nitrogens with zero attached hydrogens (tertiary/aromatic N) is 1. The lowest BCUT2D eigenvalue weighted by Crippen LogP contribution is -2.36. The number of furan rings is 1. The number of aryl methyl sites for hydroxylation is 2. The highest BCUT2D eigenvalue weighted by Crippen LogP contribution is 2.23. The molecular formula is C12H21N3O. The van der Waals surface area contributed by atoms with E-state index in [1.54, 1.807) is 0 Å². The Bertz CT molecular complexity index is 380. The average Bonchev–Trinajstić information content (AvgIpc) is 2.43. The highest BCUT2D eigenvalue weighted by molar-refractivity contribution is 5.78. The van der Waals surface area contributed by atoms with Crippen LogP contribution < -0.4 is 11.1 Å². The second-order valence-corrected chi connectivity index (χ2v) is 4.36. The van der Waals surface area contributed by atoms with E-state index in [0.29, 0.717) is 12.0 Å². The number of aliphatic imine (C=N–C) groups is 1. The summed E-state index contributed by atoms with van der Waals surface area (Å²) in [4.78, 5) is 4.38. The molecule has 4 heteroatoms. The molecule has 0 saturated carbocycles. The largest absolute Gasteiger partial charge is 0.466 e. The SMILES string of the molecule is Cc1cc(C(C)N=C(N)NC(C)C)c(C)o1. The summed E-state index contributed by atoms with van der Waals surface area (Å²) in [5, 5.41) is 3.07. The van der Waals surface area contributed by atoms with E-state index in [-0.39, 0.29) is 6.04 Å². The molecule has 0 saturated heterocycles. The van der Waals surface area contributed by atoms with Crippen LogP contribution in [-0.4, -0.2) is 12.0 Å². The molecule has 1 aromatic heterocycles. The van der Waals surface area contributed by atoms with Crippen molar-refractivity contribution in [3.8, 4) is 0 Å². The Morgan fingerprint density at radius 1 is 1.38 bits per heavy atom. The molecule has 0 aromatic carbocycles. The Balaban J connectivity index is 2.78. The van der Waals surface area contributed by atoms with Crippen molar-refractivity contribution in [2.24, 2.45) is 10.7 Å². The maximum atomic E-state index is 5.78. The topological polar surface area (TPSA) is 63.5 Å². The van der Waals surface area contributed by atoms with Gasteiger partial charge in [0.25, 0.3) is 0 Å². The van der Waals surface area contributed by atoms with Crippen LogP contribution in [-0.2, 0) is 0 Å². The van der Waals surface area contributed by atoms with Gasteiger partial charge in [-0.25, -0.2) is 4.99 Å². The van der Waals surface area contributed by atoms with Gasteiger partial charge in [0.05, 0.1) is 6.04 Å². The van der Waals surface area contributed by atoms with E-state index in [2.05, 4.69) is 10.3 Å². The summed E-state index contributed by atoms with van der Waals surface area (Å²) in [5.74, 6) is 2.29. The van der Waals surface area contributed by atoms with Crippen molar-refractivity contribution < 1.29 is 4.42 Å². The van der Waals surface area contributed by atoms with Gasteiger partial charge in [-0.1, -0.05) is 0 Å². The molecule has 1 aromatic rings. The number of guanidine groups is 1. The molecule has 0 aliphatic heterocycles. The Kier molecular flexibility index (Phi) is 3.99. The molecular weight excluding hydrogens is 202 g/mol. The molecule has 1 heterocycles. The molecule has 0 aliphatic rings. The van der Waals surface area contributed by atoms with E-state index in [9.17, 15) is 0 Å². The van der Waals surface area contributed by atoms with Crippen LogP contribution in [0.3, 0.4) is 0 Å². The molecule has 0 spiro atoms. The summed E-state index contributed by atoms with van der Waals surface area (Å²) in [5.41, 5.74) is 6.87. The maximum absolute atomic E-state index is 5.78. The van der Waals surface area contributed by atoms with Crippen molar-refractivity contribution in [1.82, 2.24) is 5.32 Å². The van der Waals surface area contributed by atoms with Gasteiger partial charge in [0.2, 0.25) is 0 Å². The van der Waals surface area contributed by atoms with Gasteiger partial charge in [0.15, 0.2) is 5.96 Å². The number of rotatable bonds is 3. The summed E-state index contributed by atoms with van der Waals surface area (Å²) < 4.78 is 5.47. The van der Waals surface area contributed by atoms with Crippen LogP contribution in [0, 0.1) is 13.8 Å². The lowest BCUT2D eigenvalue weighted by molar-refractivity contribution is 0.499. The van der Waals surface area contributed by atoms with Gasteiger partial charge in [-0.15, -0.1) is 0 Å². The van der Waals surface area contributed by atoms with Gasteiger partial charge in [-0.05, 0) is 40.7 Å². The van der Waals surface area contributed by atoms with Gasteiger partial charge in [-0.2, -0.15) is 0 Å². The molecule has 0 radical (unpaired) electrons. The van der Waals surface area contributed by atoms with E-state index in [0.717, 1.165) is 17.1 Å². The molecule has 4 nitrogen and oxygen atoms in total. The molecule has 3 N–H and O–H groups in total. The van der Waals surface area contributed by atoms with Crippen LogP contribution in [0.4, 0.5) is 0 Å². The highest BCUT2D eigenvalue weighted by Gasteiger charge is 2.12. The van der Waals surface area contributed by atoms with Crippen LogP contribution >= 0.6 is 0 Å². The second-order valence-electron chi connectivity index (χ2n) is 4.36. The quantitative estimate of drug-likeness (QED) is 0.610. The summed E-state index contributed by atoms with van der Waals surface area (Å²) in [6.45, 7) is 9.94. The fraction of sp³-hybridized carbons (Fsp3) is 0.583. The van der Waals surface area contributed by atoms with Crippen molar-refractivity contribution in [2.45, 2.75) is 46.7 Å². The van der Waals surface area contributed by atoms with E-state index in [1.165, 1.54) is 0 Å². The minimum absolute atomic E-state index is 0.0173. The predicted octanol–water partition coefficient (Wildman–Crippen LogP) is 2.27. The number of hydrogen-bond donors (Lipinski definition) is 2. The Labute approximate surface area is 96.9 Å². The fourth-order valence-corrected chi connectivity index (χ4v) is 1.68. The van der Waals surface area contributed by atoms with Crippen molar-refractivity contribution >= 4 is 5.96 Å². The van der Waals surface area contributed by atoms with Crippen LogP contribution in [0.15, 0.2) is 15.5 Å². The molecule has 90 valence electrons. The molecule has 0 aliphatic carbocycles. The Hall–Kier alpha value is -1.45. The highest BCUT2D eigenvalue weighted by atomic mass is 16.3. The van der Waals surface area contributed by atoms with E-state index >= 15 is 0 Å². The molecule has 0 amide bonds. The summed E-state index contributed by atoms with van der Waals surface area (Å²) in [6.07, 6.45) is 0. The third-order valence-electron chi connectivity index (χ3n) is 2.30. The number of hydrogen-bond acceptors (Lipinski definition) is 2. The molecule has 0 bridgehead atoms. The van der Waals surface area contributed by atoms with Crippen LogP contribution in [0.25, 0.3) is 0 Å². The van der Waals surface area contributed by atoms with Gasteiger partial charge >= 0.3 is 0 Å².